The van der Waals surface area contributed by atoms with Gasteiger partial charge in [0, 0.05) is 45.1 Å². The van der Waals surface area contributed by atoms with E-state index in [1.165, 1.54) is 31.5 Å². The average molecular weight is 205 g/mol. The zero-order chi connectivity index (χ0) is 10.1. The Balaban J connectivity index is 1.67. The van der Waals surface area contributed by atoms with Crippen molar-refractivity contribution in [2.75, 3.05) is 26.2 Å². The molecule has 2 N–H and O–H groups in total. The van der Waals surface area contributed by atoms with Crippen LogP contribution in [-0.4, -0.2) is 36.1 Å². The molecular formula is C12H19N3. The van der Waals surface area contributed by atoms with Crippen molar-refractivity contribution in [3.63, 3.8) is 0 Å². The monoisotopic (exact) mass is 205 g/mol. The number of H-pyrrole nitrogens is 1. The number of hydrogen-bond donors (Lipinski definition) is 2. The minimum absolute atomic E-state index is 0.870. The van der Waals surface area contributed by atoms with E-state index in [1.807, 2.05) is 0 Å². The van der Waals surface area contributed by atoms with Crippen molar-refractivity contribution in [3.05, 3.63) is 23.5 Å². The van der Waals surface area contributed by atoms with Gasteiger partial charge < -0.3 is 10.3 Å². The summed E-state index contributed by atoms with van der Waals surface area (Å²) in [6.45, 7) is 5.80. The first-order valence-corrected chi connectivity index (χ1v) is 6.02. The zero-order valence-electron chi connectivity index (χ0n) is 9.13. The molecule has 2 fully saturated rings. The van der Waals surface area contributed by atoms with E-state index in [-0.39, 0.29) is 0 Å². The van der Waals surface area contributed by atoms with E-state index in [2.05, 4.69) is 27.6 Å². The summed E-state index contributed by atoms with van der Waals surface area (Å²) in [6.07, 6.45) is 7.18. The molecule has 0 unspecified atom stereocenters. The molecule has 3 rings (SSSR count). The van der Waals surface area contributed by atoms with E-state index in [1.54, 1.807) is 5.56 Å². The topological polar surface area (TPSA) is 31.1 Å². The summed E-state index contributed by atoms with van der Waals surface area (Å²) >= 11 is 0. The summed E-state index contributed by atoms with van der Waals surface area (Å²) < 4.78 is 0. The Morgan fingerprint density at radius 1 is 1.20 bits per heavy atom. The minimum atomic E-state index is 0.870. The van der Waals surface area contributed by atoms with Gasteiger partial charge in [0.05, 0.1) is 0 Å². The van der Waals surface area contributed by atoms with Gasteiger partial charge in [-0.3, -0.25) is 4.90 Å². The van der Waals surface area contributed by atoms with Crippen LogP contribution in [0.25, 0.3) is 0 Å². The van der Waals surface area contributed by atoms with Crippen LogP contribution in [0.4, 0.5) is 0 Å². The maximum absolute atomic E-state index is 3.39. The Morgan fingerprint density at radius 2 is 2.00 bits per heavy atom. The first kappa shape index (κ1) is 9.43. The molecule has 0 spiro atoms. The molecule has 1 aliphatic carbocycles. The van der Waals surface area contributed by atoms with Gasteiger partial charge in [-0.05, 0) is 29.9 Å². The molecule has 82 valence electrons. The highest BCUT2D eigenvalue weighted by Crippen LogP contribution is 2.41. The highest BCUT2D eigenvalue weighted by Gasteiger charge is 2.27. The third-order valence-corrected chi connectivity index (χ3v) is 3.49. The molecule has 3 heteroatoms. The lowest BCUT2D eigenvalue weighted by Crippen LogP contribution is -2.42. The summed E-state index contributed by atoms with van der Waals surface area (Å²) in [7, 11) is 0. The standard InChI is InChI=1S/C12H19N3/c1-2-10(1)12-8-14-7-11(12)9-15-5-3-13-4-6-15/h7-8,10,13-14H,1-6,9H2. The molecule has 2 aliphatic rings. The fourth-order valence-electron chi connectivity index (χ4n) is 2.43. The van der Waals surface area contributed by atoms with Crippen molar-refractivity contribution in [2.45, 2.75) is 25.3 Å². The number of nitrogens with zero attached hydrogens (tertiary/aromatic N) is 1. The summed E-state index contributed by atoms with van der Waals surface area (Å²) in [4.78, 5) is 5.81. The summed E-state index contributed by atoms with van der Waals surface area (Å²) in [5.41, 5.74) is 3.10. The Kier molecular flexibility index (Phi) is 2.51. The Labute approximate surface area is 90.9 Å². The zero-order valence-corrected chi connectivity index (χ0v) is 9.13. The molecule has 1 aromatic heterocycles. The number of piperazine rings is 1. The summed E-state index contributed by atoms with van der Waals surface area (Å²) in [6, 6.07) is 0. The molecule has 0 aromatic carbocycles. The van der Waals surface area contributed by atoms with E-state index >= 15 is 0 Å². The number of rotatable bonds is 3. The van der Waals surface area contributed by atoms with Gasteiger partial charge in [-0.25, -0.2) is 0 Å². The summed E-state index contributed by atoms with van der Waals surface area (Å²) in [5.74, 6) is 0.870. The Bertz CT molecular complexity index is 321. The van der Waals surface area contributed by atoms with Crippen molar-refractivity contribution < 1.29 is 0 Å². The van der Waals surface area contributed by atoms with Gasteiger partial charge in [-0.15, -0.1) is 0 Å². The maximum Gasteiger partial charge on any atom is 0.0252 e. The van der Waals surface area contributed by atoms with Gasteiger partial charge in [0.15, 0.2) is 0 Å². The maximum atomic E-state index is 3.39. The lowest BCUT2D eigenvalue weighted by Gasteiger charge is -2.27. The SMILES string of the molecule is c1[nH]cc(C2CC2)c1CN1CCNCC1. The molecule has 0 amide bonds. The van der Waals surface area contributed by atoms with Gasteiger partial charge in [0.2, 0.25) is 0 Å². The largest absolute Gasteiger partial charge is 0.367 e. The van der Waals surface area contributed by atoms with Gasteiger partial charge in [-0.2, -0.15) is 0 Å². The molecule has 1 aromatic rings. The van der Waals surface area contributed by atoms with Crippen molar-refractivity contribution in [3.8, 4) is 0 Å². The fraction of sp³-hybridized carbons (Fsp3) is 0.667. The van der Waals surface area contributed by atoms with Crippen molar-refractivity contribution in [2.24, 2.45) is 0 Å². The third kappa shape index (κ3) is 2.08. The second-order valence-corrected chi connectivity index (χ2v) is 4.74. The van der Waals surface area contributed by atoms with Crippen molar-refractivity contribution in [1.82, 2.24) is 15.2 Å². The van der Waals surface area contributed by atoms with E-state index in [0.29, 0.717) is 0 Å². The van der Waals surface area contributed by atoms with Crippen LogP contribution in [0.2, 0.25) is 0 Å². The lowest BCUT2D eigenvalue weighted by molar-refractivity contribution is 0.233. The van der Waals surface area contributed by atoms with Crippen LogP contribution in [0.15, 0.2) is 12.4 Å². The predicted molar refractivity (Wildman–Crippen MR) is 60.9 cm³/mol. The molecule has 2 heterocycles. The van der Waals surface area contributed by atoms with Crippen LogP contribution in [-0.2, 0) is 6.54 Å². The summed E-state index contributed by atoms with van der Waals surface area (Å²) in [5, 5.41) is 3.39. The van der Waals surface area contributed by atoms with E-state index in [4.69, 9.17) is 0 Å². The van der Waals surface area contributed by atoms with E-state index < -0.39 is 0 Å². The van der Waals surface area contributed by atoms with Crippen LogP contribution in [0.1, 0.15) is 29.9 Å². The highest BCUT2D eigenvalue weighted by molar-refractivity contribution is 5.30. The normalized spacial score (nSPS) is 23.2. The fourth-order valence-corrected chi connectivity index (χ4v) is 2.43. The molecule has 0 atom stereocenters. The van der Waals surface area contributed by atoms with Crippen LogP contribution in [0, 0.1) is 0 Å². The second kappa shape index (κ2) is 3.99. The lowest BCUT2D eigenvalue weighted by atomic mass is 10.1. The van der Waals surface area contributed by atoms with Gasteiger partial charge in [-0.1, -0.05) is 0 Å². The number of nitrogens with one attached hydrogen (secondary N) is 2. The van der Waals surface area contributed by atoms with Crippen LogP contribution in [0.3, 0.4) is 0 Å². The minimum Gasteiger partial charge on any atom is -0.367 e. The molecule has 1 saturated carbocycles. The molecule has 0 radical (unpaired) electrons. The highest BCUT2D eigenvalue weighted by atomic mass is 15.2. The number of hydrogen-bond acceptors (Lipinski definition) is 2. The second-order valence-electron chi connectivity index (χ2n) is 4.74. The van der Waals surface area contributed by atoms with Crippen LogP contribution >= 0.6 is 0 Å². The van der Waals surface area contributed by atoms with Crippen molar-refractivity contribution in [1.29, 1.82) is 0 Å². The molecular weight excluding hydrogens is 186 g/mol. The first-order chi connectivity index (χ1) is 7.43. The van der Waals surface area contributed by atoms with Gasteiger partial charge in [0.1, 0.15) is 0 Å². The van der Waals surface area contributed by atoms with Crippen molar-refractivity contribution >= 4 is 0 Å². The van der Waals surface area contributed by atoms with E-state index in [0.717, 1.165) is 25.6 Å². The van der Waals surface area contributed by atoms with Gasteiger partial charge >= 0.3 is 0 Å². The molecule has 1 aliphatic heterocycles. The quantitative estimate of drug-likeness (QED) is 0.779. The molecule has 3 nitrogen and oxygen atoms in total. The third-order valence-electron chi connectivity index (χ3n) is 3.49. The van der Waals surface area contributed by atoms with Crippen LogP contribution in [0.5, 0.6) is 0 Å². The van der Waals surface area contributed by atoms with Crippen LogP contribution < -0.4 is 5.32 Å². The number of aromatic nitrogens is 1. The molecule has 1 saturated heterocycles. The Hall–Kier alpha value is -0.800. The average Bonchev–Trinajstić information content (AvgIpc) is 3.02. The predicted octanol–water partition coefficient (Wildman–Crippen LogP) is 1.30. The number of aromatic amines is 1. The molecule has 0 bridgehead atoms. The smallest absolute Gasteiger partial charge is 0.0252 e. The van der Waals surface area contributed by atoms with E-state index in [9.17, 15) is 0 Å². The Morgan fingerprint density at radius 3 is 2.73 bits per heavy atom. The van der Waals surface area contributed by atoms with Gasteiger partial charge in [0.25, 0.3) is 0 Å². The molecule has 15 heavy (non-hydrogen) atoms. The first-order valence-electron chi connectivity index (χ1n) is 6.02.